The molecule has 2 aliphatic heterocycles. The van der Waals surface area contributed by atoms with Crippen molar-refractivity contribution >= 4 is 27.5 Å². The molecule has 2 aliphatic rings. The molecule has 0 aliphatic carbocycles. The molecule has 3 N–H and O–H groups in total. The van der Waals surface area contributed by atoms with Gasteiger partial charge >= 0.3 is 6.09 Å². The Bertz CT molecular complexity index is 1020. The number of hydrogen-bond donors (Lipinski definition) is 2. The molecule has 3 rings (SSSR count). The number of rotatable bonds is 2. The van der Waals surface area contributed by atoms with E-state index in [0.29, 0.717) is 19.4 Å². The van der Waals surface area contributed by atoms with Crippen molar-refractivity contribution in [1.29, 1.82) is 0 Å². The minimum Gasteiger partial charge on any atom is -0.444 e. The van der Waals surface area contributed by atoms with Crippen LogP contribution < -0.4 is 11.1 Å². The molecular formula is C19H27F2N5O3S. The molecule has 8 nitrogen and oxygen atoms in total. The number of anilines is 1. The second kappa shape index (κ2) is 7.44. The van der Waals surface area contributed by atoms with E-state index in [1.807, 2.05) is 0 Å². The van der Waals surface area contributed by atoms with Crippen molar-refractivity contribution in [3.63, 3.8) is 0 Å². The number of carbonyl (C=O) groups excluding carboxylic acids is 1. The van der Waals surface area contributed by atoms with Gasteiger partial charge in [-0.05, 0) is 52.7 Å². The zero-order valence-corrected chi connectivity index (χ0v) is 18.3. The van der Waals surface area contributed by atoms with E-state index in [9.17, 15) is 17.8 Å². The fourth-order valence-electron chi connectivity index (χ4n) is 3.69. The van der Waals surface area contributed by atoms with Crippen LogP contribution in [0, 0.1) is 5.82 Å². The Balaban J connectivity index is 2.20. The third-order valence-corrected chi connectivity index (χ3v) is 8.50. The summed E-state index contributed by atoms with van der Waals surface area (Å²) in [6, 6.07) is 2.30. The fraction of sp³-hybridized carbons (Fsp3) is 0.632. The Morgan fingerprint density at radius 1 is 1.40 bits per heavy atom. The van der Waals surface area contributed by atoms with Crippen LogP contribution in [0.1, 0.15) is 46.2 Å². The van der Waals surface area contributed by atoms with Crippen LogP contribution in [0.25, 0.3) is 0 Å². The number of nitrogen functional groups attached to an aromatic ring is 1. The van der Waals surface area contributed by atoms with Crippen LogP contribution in [0.3, 0.4) is 0 Å². The molecule has 1 aromatic heterocycles. The second-order valence-electron chi connectivity index (χ2n) is 8.79. The molecule has 3 heterocycles. The lowest BCUT2D eigenvalue weighted by Crippen LogP contribution is -2.61. The quantitative estimate of drug-likeness (QED) is 0.728. The van der Waals surface area contributed by atoms with Crippen molar-refractivity contribution in [2.24, 2.45) is 9.36 Å². The fourth-order valence-corrected chi connectivity index (χ4v) is 6.60. The number of amidine groups is 1. The topological polar surface area (TPSA) is 119 Å². The molecule has 11 heteroatoms. The van der Waals surface area contributed by atoms with E-state index in [1.165, 1.54) is 6.07 Å². The van der Waals surface area contributed by atoms with Gasteiger partial charge in [0.25, 0.3) is 0 Å². The van der Waals surface area contributed by atoms with E-state index in [2.05, 4.69) is 19.7 Å². The Labute approximate surface area is 174 Å². The molecule has 0 radical (unpaired) electrons. The lowest BCUT2D eigenvalue weighted by molar-refractivity contribution is 0.0560. The molecule has 0 fully saturated rings. The minimum absolute atomic E-state index is 0.0278. The number of halogens is 2. The summed E-state index contributed by atoms with van der Waals surface area (Å²) in [6.07, 6.45) is 0.209. The van der Waals surface area contributed by atoms with Crippen LogP contribution in [-0.2, 0) is 20.0 Å². The van der Waals surface area contributed by atoms with Crippen molar-refractivity contribution in [3.05, 3.63) is 23.6 Å². The van der Waals surface area contributed by atoms with Crippen LogP contribution in [0.4, 0.5) is 19.4 Å². The highest BCUT2D eigenvalue weighted by Gasteiger charge is 2.55. The van der Waals surface area contributed by atoms with Gasteiger partial charge < -0.3 is 10.5 Å². The molecule has 1 amide bonds. The number of aromatic nitrogens is 1. The number of alkyl halides is 1. The third kappa shape index (κ3) is 3.86. The zero-order chi connectivity index (χ0) is 22.4. The summed E-state index contributed by atoms with van der Waals surface area (Å²) in [7, 11) is -3.13. The summed E-state index contributed by atoms with van der Waals surface area (Å²) in [4.78, 5) is 20.8. The summed E-state index contributed by atoms with van der Waals surface area (Å²) in [5.41, 5.74) is 2.60. The molecular weight excluding hydrogens is 416 g/mol. The van der Waals surface area contributed by atoms with E-state index >= 15 is 0 Å². The summed E-state index contributed by atoms with van der Waals surface area (Å²) in [5, 5.41) is 2.53. The van der Waals surface area contributed by atoms with Crippen LogP contribution >= 0.6 is 0 Å². The number of hydrogen-bond acceptors (Lipinski definition) is 7. The van der Waals surface area contributed by atoms with Gasteiger partial charge in [0.15, 0.2) is 0 Å². The predicted octanol–water partition coefficient (Wildman–Crippen LogP) is 2.93. The van der Waals surface area contributed by atoms with E-state index in [1.54, 1.807) is 27.7 Å². The third-order valence-electron chi connectivity index (χ3n) is 5.23. The number of aliphatic imine (C=N–C) groups is 1. The van der Waals surface area contributed by atoms with Crippen molar-refractivity contribution < 1.29 is 22.5 Å². The summed E-state index contributed by atoms with van der Waals surface area (Å²) >= 11 is 0. The average Bonchev–Trinajstić information content (AvgIpc) is 2.63. The SMILES string of the molecule is CC(C)(C)OC(=O)NC1=N[C@](CF)(c2nc(N)ccc2F)C[S@]2(=O)=NCCC[C@]12C. The first-order chi connectivity index (χ1) is 13.8. The molecule has 3 atom stereocenters. The van der Waals surface area contributed by atoms with Gasteiger partial charge in [-0.15, -0.1) is 0 Å². The number of nitrogens with one attached hydrogen (secondary N) is 1. The molecule has 0 spiro atoms. The van der Waals surface area contributed by atoms with Crippen molar-refractivity contribution in [2.75, 3.05) is 24.7 Å². The van der Waals surface area contributed by atoms with Gasteiger partial charge in [-0.2, -0.15) is 0 Å². The first-order valence-corrected chi connectivity index (χ1v) is 11.3. The molecule has 0 aromatic carbocycles. The number of nitrogens with zero attached hydrogens (tertiary/aromatic N) is 3. The summed E-state index contributed by atoms with van der Waals surface area (Å²) < 4.78 is 51.6. The zero-order valence-electron chi connectivity index (χ0n) is 17.5. The van der Waals surface area contributed by atoms with Crippen molar-refractivity contribution in [3.8, 4) is 0 Å². The van der Waals surface area contributed by atoms with Gasteiger partial charge in [-0.1, -0.05) is 0 Å². The van der Waals surface area contributed by atoms with Crippen molar-refractivity contribution in [1.82, 2.24) is 10.3 Å². The van der Waals surface area contributed by atoms with Gasteiger partial charge in [0.05, 0.1) is 15.5 Å². The van der Waals surface area contributed by atoms with Gasteiger partial charge in [-0.3, -0.25) is 10.3 Å². The van der Waals surface area contributed by atoms with Crippen molar-refractivity contribution in [2.45, 2.75) is 56.4 Å². The average molecular weight is 444 g/mol. The number of carbonyl (C=O) groups is 1. The predicted molar refractivity (Wildman–Crippen MR) is 111 cm³/mol. The van der Waals surface area contributed by atoms with Crippen LogP contribution in [-0.4, -0.2) is 50.4 Å². The first-order valence-electron chi connectivity index (χ1n) is 9.63. The van der Waals surface area contributed by atoms with Gasteiger partial charge in [0.2, 0.25) is 0 Å². The Hall–Kier alpha value is -2.30. The Morgan fingerprint density at radius 3 is 2.73 bits per heavy atom. The Morgan fingerprint density at radius 2 is 2.10 bits per heavy atom. The number of pyridine rings is 1. The maximum absolute atomic E-state index is 14.7. The lowest BCUT2D eigenvalue weighted by Gasteiger charge is -2.45. The maximum atomic E-state index is 14.7. The molecule has 0 saturated heterocycles. The van der Waals surface area contributed by atoms with Crippen LogP contribution in [0.15, 0.2) is 21.5 Å². The first kappa shape index (κ1) is 22.4. The van der Waals surface area contributed by atoms with E-state index < -0.39 is 44.2 Å². The van der Waals surface area contributed by atoms with Crippen LogP contribution in [0.2, 0.25) is 0 Å². The Kier molecular flexibility index (Phi) is 5.55. The largest absolute Gasteiger partial charge is 0.444 e. The second-order valence-corrected chi connectivity index (χ2v) is 11.5. The van der Waals surface area contributed by atoms with E-state index in [-0.39, 0.29) is 23.1 Å². The molecule has 0 saturated carbocycles. The maximum Gasteiger partial charge on any atom is 0.413 e. The molecule has 0 unspecified atom stereocenters. The molecule has 30 heavy (non-hydrogen) atoms. The molecule has 166 valence electrons. The van der Waals surface area contributed by atoms with E-state index in [4.69, 9.17) is 10.5 Å². The number of fused-ring (bicyclic) bond motifs is 1. The number of nitrogens with two attached hydrogens (primary N) is 1. The van der Waals surface area contributed by atoms with Gasteiger partial charge in [0.1, 0.15) is 45.7 Å². The van der Waals surface area contributed by atoms with Gasteiger partial charge in [0, 0.05) is 6.54 Å². The smallest absolute Gasteiger partial charge is 0.413 e. The number of alkyl carbamates (subject to hydrolysis) is 1. The lowest BCUT2D eigenvalue weighted by atomic mass is 9.95. The highest BCUT2D eigenvalue weighted by molar-refractivity contribution is 7.95. The summed E-state index contributed by atoms with van der Waals surface area (Å²) in [5.74, 6) is -1.26. The monoisotopic (exact) mass is 443 g/mol. The standard InChI is InChI=1S/C19H27F2N5O3S/c1-17(2,3)29-16(27)25-15-18(4)8-5-9-23-30(18,28)11-19(10-20,26-15)14-12(21)6-7-13(22)24-14/h6-7H,5,8-11H2,1-4H3,(H2,22,24)(H,25,26,27)/t18-,19+,30-/m1/s1. The van der Waals surface area contributed by atoms with Gasteiger partial charge in [-0.25, -0.2) is 27.1 Å². The highest BCUT2D eigenvalue weighted by Crippen LogP contribution is 2.43. The number of ether oxygens (including phenoxy) is 1. The highest BCUT2D eigenvalue weighted by atomic mass is 32.2. The summed E-state index contributed by atoms with van der Waals surface area (Å²) in [6.45, 7) is 5.86. The van der Waals surface area contributed by atoms with Crippen LogP contribution in [0.5, 0.6) is 0 Å². The molecule has 1 aromatic rings. The normalized spacial score (nSPS) is 31.2. The molecule has 0 bridgehead atoms. The number of amides is 1. The van der Waals surface area contributed by atoms with E-state index in [0.717, 1.165) is 6.07 Å². The minimum atomic E-state index is -3.13.